The van der Waals surface area contributed by atoms with Crippen molar-refractivity contribution in [1.29, 1.82) is 0 Å². The topological polar surface area (TPSA) is 61.9 Å². The molecule has 6 nitrogen and oxygen atoms in total. The van der Waals surface area contributed by atoms with Crippen molar-refractivity contribution in [1.82, 2.24) is 10.2 Å². The maximum Gasteiger partial charge on any atom is 0.232 e. The van der Waals surface area contributed by atoms with Crippen LogP contribution in [-0.4, -0.2) is 55.5 Å². The van der Waals surface area contributed by atoms with Gasteiger partial charge in [-0.2, -0.15) is 0 Å². The third kappa shape index (κ3) is 5.15. The summed E-state index contributed by atoms with van der Waals surface area (Å²) in [6, 6.07) is 7.91. The number of ether oxygens (including phenoxy) is 1. The highest BCUT2D eigenvalue weighted by atomic mass is 16.5. The monoisotopic (exact) mass is 333 g/mol. The zero-order chi connectivity index (χ0) is 17.7. The predicted octanol–water partition coefficient (Wildman–Crippen LogP) is 1.65. The molecule has 1 aromatic carbocycles. The molecule has 1 heterocycles. The van der Waals surface area contributed by atoms with Crippen molar-refractivity contribution >= 4 is 17.5 Å². The zero-order valence-electron chi connectivity index (χ0n) is 15.0. The lowest BCUT2D eigenvalue weighted by atomic mass is 10.1. The lowest BCUT2D eigenvalue weighted by Gasteiger charge is -2.36. The van der Waals surface area contributed by atoms with Crippen LogP contribution in [-0.2, 0) is 9.59 Å². The number of piperazine rings is 1. The van der Waals surface area contributed by atoms with E-state index in [-0.39, 0.29) is 23.8 Å². The Labute approximate surface area is 143 Å². The minimum Gasteiger partial charge on any atom is -0.497 e. The van der Waals surface area contributed by atoms with E-state index in [2.05, 4.69) is 10.2 Å². The molecule has 1 aliphatic rings. The Hall–Kier alpha value is -2.24. The van der Waals surface area contributed by atoms with Crippen LogP contribution in [0, 0.1) is 0 Å². The summed E-state index contributed by atoms with van der Waals surface area (Å²) in [6.07, 6.45) is -0.0835. The summed E-state index contributed by atoms with van der Waals surface area (Å²) in [5.41, 5.74) is 0.804. The number of nitrogens with one attached hydrogen (secondary N) is 1. The minimum atomic E-state index is -0.315. The van der Waals surface area contributed by atoms with Gasteiger partial charge in [0.15, 0.2) is 0 Å². The summed E-state index contributed by atoms with van der Waals surface area (Å²) in [7, 11) is 1.65. The average Bonchev–Trinajstić information content (AvgIpc) is 2.53. The molecule has 1 saturated heterocycles. The SMILES string of the molecule is COc1ccc(N2CCN(C(=O)CC(=O)NC(C)(C)C)CC2)cc1. The minimum absolute atomic E-state index is 0.0835. The van der Waals surface area contributed by atoms with Crippen LogP contribution < -0.4 is 15.0 Å². The summed E-state index contributed by atoms with van der Waals surface area (Å²) >= 11 is 0. The van der Waals surface area contributed by atoms with Crippen LogP contribution in [0.4, 0.5) is 5.69 Å². The molecule has 1 aliphatic heterocycles. The number of nitrogens with zero attached hydrogens (tertiary/aromatic N) is 2. The summed E-state index contributed by atoms with van der Waals surface area (Å²) in [4.78, 5) is 28.1. The lowest BCUT2D eigenvalue weighted by Crippen LogP contribution is -2.50. The van der Waals surface area contributed by atoms with E-state index >= 15 is 0 Å². The molecule has 6 heteroatoms. The molecule has 1 aromatic rings. The van der Waals surface area contributed by atoms with Crippen molar-refractivity contribution in [2.75, 3.05) is 38.2 Å². The Morgan fingerprint density at radius 2 is 1.67 bits per heavy atom. The van der Waals surface area contributed by atoms with E-state index in [9.17, 15) is 9.59 Å². The fraction of sp³-hybridized carbons (Fsp3) is 0.556. The normalized spacial score (nSPS) is 15.2. The van der Waals surface area contributed by atoms with E-state index in [0.29, 0.717) is 13.1 Å². The fourth-order valence-electron chi connectivity index (χ4n) is 2.72. The van der Waals surface area contributed by atoms with Gasteiger partial charge in [-0.25, -0.2) is 0 Å². The standard InChI is InChI=1S/C18H27N3O3/c1-18(2,3)19-16(22)13-17(23)21-11-9-20(10-12-21)14-5-7-15(24-4)8-6-14/h5-8H,9-13H2,1-4H3,(H,19,22). The first-order chi connectivity index (χ1) is 11.3. The molecule has 1 fully saturated rings. The fourth-order valence-corrected chi connectivity index (χ4v) is 2.72. The Bertz CT molecular complexity index is 570. The van der Waals surface area contributed by atoms with Gasteiger partial charge in [0.05, 0.1) is 7.11 Å². The number of methoxy groups -OCH3 is 1. The molecule has 0 aliphatic carbocycles. The second-order valence-electron chi connectivity index (χ2n) is 7.04. The van der Waals surface area contributed by atoms with E-state index in [4.69, 9.17) is 4.74 Å². The molecule has 0 bridgehead atoms. The van der Waals surface area contributed by atoms with Gasteiger partial charge in [-0.05, 0) is 45.0 Å². The van der Waals surface area contributed by atoms with E-state index in [1.54, 1.807) is 12.0 Å². The molecule has 2 rings (SSSR count). The highest BCUT2D eigenvalue weighted by molar-refractivity contribution is 5.97. The highest BCUT2D eigenvalue weighted by Gasteiger charge is 2.24. The van der Waals surface area contributed by atoms with Crippen LogP contribution in [0.1, 0.15) is 27.2 Å². The van der Waals surface area contributed by atoms with Gasteiger partial charge in [-0.1, -0.05) is 0 Å². The lowest BCUT2D eigenvalue weighted by molar-refractivity contribution is -0.136. The maximum absolute atomic E-state index is 12.3. The van der Waals surface area contributed by atoms with Gasteiger partial charge >= 0.3 is 0 Å². The van der Waals surface area contributed by atoms with Crippen molar-refractivity contribution in [3.05, 3.63) is 24.3 Å². The molecular weight excluding hydrogens is 306 g/mol. The number of rotatable bonds is 4. The van der Waals surface area contributed by atoms with E-state index in [1.165, 1.54) is 0 Å². The van der Waals surface area contributed by atoms with E-state index < -0.39 is 0 Å². The molecular formula is C18H27N3O3. The first kappa shape index (κ1) is 18.1. The van der Waals surface area contributed by atoms with Crippen LogP contribution in [0.3, 0.4) is 0 Å². The molecule has 0 atom stereocenters. The molecule has 0 unspecified atom stereocenters. The summed E-state index contributed by atoms with van der Waals surface area (Å²) in [5.74, 6) is 0.508. The van der Waals surface area contributed by atoms with Crippen LogP contribution in [0.2, 0.25) is 0 Å². The summed E-state index contributed by atoms with van der Waals surface area (Å²) in [6.45, 7) is 8.51. The van der Waals surface area contributed by atoms with Gasteiger partial charge in [0.1, 0.15) is 12.2 Å². The van der Waals surface area contributed by atoms with Gasteiger partial charge in [0.25, 0.3) is 0 Å². The molecule has 0 saturated carbocycles. The van der Waals surface area contributed by atoms with Crippen molar-refractivity contribution in [2.45, 2.75) is 32.7 Å². The van der Waals surface area contributed by atoms with E-state index in [0.717, 1.165) is 24.5 Å². The van der Waals surface area contributed by atoms with Gasteiger partial charge in [-0.3, -0.25) is 9.59 Å². The molecule has 0 radical (unpaired) electrons. The Morgan fingerprint density at radius 3 is 2.17 bits per heavy atom. The number of anilines is 1. The molecule has 132 valence electrons. The van der Waals surface area contributed by atoms with Gasteiger partial charge < -0.3 is 19.9 Å². The van der Waals surface area contributed by atoms with Gasteiger partial charge in [0.2, 0.25) is 11.8 Å². The van der Waals surface area contributed by atoms with Crippen LogP contribution in [0.15, 0.2) is 24.3 Å². The molecule has 2 amide bonds. The third-order valence-corrected chi connectivity index (χ3v) is 3.90. The molecule has 1 N–H and O–H groups in total. The quantitative estimate of drug-likeness (QED) is 0.851. The van der Waals surface area contributed by atoms with Crippen molar-refractivity contribution in [2.24, 2.45) is 0 Å². The maximum atomic E-state index is 12.3. The average molecular weight is 333 g/mol. The van der Waals surface area contributed by atoms with Gasteiger partial charge in [-0.15, -0.1) is 0 Å². The van der Waals surface area contributed by atoms with Crippen LogP contribution in [0.5, 0.6) is 5.75 Å². The molecule has 0 aromatic heterocycles. The number of hydrogen-bond donors (Lipinski definition) is 1. The highest BCUT2D eigenvalue weighted by Crippen LogP contribution is 2.20. The number of amides is 2. The first-order valence-corrected chi connectivity index (χ1v) is 8.26. The van der Waals surface area contributed by atoms with Gasteiger partial charge in [0, 0.05) is 37.4 Å². The first-order valence-electron chi connectivity index (χ1n) is 8.26. The third-order valence-electron chi connectivity index (χ3n) is 3.90. The second kappa shape index (κ2) is 7.55. The zero-order valence-corrected chi connectivity index (χ0v) is 15.0. The number of benzene rings is 1. The van der Waals surface area contributed by atoms with Crippen molar-refractivity contribution in [3.8, 4) is 5.75 Å². The Morgan fingerprint density at radius 1 is 1.08 bits per heavy atom. The summed E-state index contributed by atoms with van der Waals surface area (Å²) in [5, 5.41) is 2.83. The Balaban J connectivity index is 1.83. The number of hydrogen-bond acceptors (Lipinski definition) is 4. The van der Waals surface area contributed by atoms with Crippen LogP contribution in [0.25, 0.3) is 0 Å². The van der Waals surface area contributed by atoms with E-state index in [1.807, 2.05) is 45.0 Å². The number of carbonyl (C=O) groups excluding carboxylic acids is 2. The van der Waals surface area contributed by atoms with Crippen molar-refractivity contribution in [3.63, 3.8) is 0 Å². The molecule has 24 heavy (non-hydrogen) atoms. The molecule has 0 spiro atoms. The Kier molecular flexibility index (Phi) is 5.70. The summed E-state index contributed by atoms with van der Waals surface area (Å²) < 4.78 is 5.17. The smallest absolute Gasteiger partial charge is 0.232 e. The second-order valence-corrected chi connectivity index (χ2v) is 7.04. The number of carbonyl (C=O) groups is 2. The van der Waals surface area contributed by atoms with Crippen molar-refractivity contribution < 1.29 is 14.3 Å². The predicted molar refractivity (Wildman–Crippen MR) is 94.3 cm³/mol. The van der Waals surface area contributed by atoms with Crippen LogP contribution >= 0.6 is 0 Å². The largest absolute Gasteiger partial charge is 0.497 e.